The van der Waals surface area contributed by atoms with Crippen LogP contribution < -0.4 is 5.90 Å². The standard InChI is InChI=1S/C14H20FNO5P.C7H13FO5P.C7H9NO.2C2H6O.ClH/c1-22(20)13(15)7-11(17)14(19)12(18)8-16-21-9-10-5-3-2-4-6-10;1-14(12)4(8)2-3-5(9)6(10)7(11)13-3;8-9-6-7-4-2-1-3-5-7;2*1-2-3;/h2-6,8,11-14,17-19H,7,9H2,1H3;3-7,9-11H,2H2,1H3;1-5H,6,8H2;2*3H,2H2,1H3;1H/q2*+1;;;;/t11-,12+,13?,14-;3-,4?,5-,6-,7-;;;;/m11..../s1. The second-order valence-corrected chi connectivity index (χ2v) is 13.8. The van der Waals surface area contributed by atoms with Crippen LogP contribution in [-0.4, -0.2) is 128 Å². The summed E-state index contributed by atoms with van der Waals surface area (Å²) in [6.45, 7) is 6.95. The number of nitrogens with two attached hydrogens (primary N) is 1. The van der Waals surface area contributed by atoms with Gasteiger partial charge < -0.3 is 50.4 Å². The third-order valence-corrected chi connectivity index (χ3v) is 8.19. The van der Waals surface area contributed by atoms with Crippen molar-refractivity contribution in [1.82, 2.24) is 0 Å². The summed E-state index contributed by atoms with van der Waals surface area (Å²) < 4.78 is 52.5. The lowest BCUT2D eigenvalue weighted by Gasteiger charge is -2.19. The highest BCUT2D eigenvalue weighted by molar-refractivity contribution is 7.44. The van der Waals surface area contributed by atoms with Gasteiger partial charge in [-0.2, -0.15) is 8.78 Å². The second kappa shape index (κ2) is 33.4. The summed E-state index contributed by atoms with van der Waals surface area (Å²) in [6.07, 6.45) is -9.89. The Hall–Kier alpha value is -2.18. The van der Waals surface area contributed by atoms with E-state index in [0.717, 1.165) is 17.3 Å². The van der Waals surface area contributed by atoms with Crippen molar-refractivity contribution in [3.8, 4) is 0 Å². The van der Waals surface area contributed by atoms with E-state index >= 15 is 0 Å². The van der Waals surface area contributed by atoms with Gasteiger partial charge in [-0.15, -0.1) is 12.4 Å². The van der Waals surface area contributed by atoms with Crippen LogP contribution in [0.25, 0.3) is 0 Å². The molecule has 2 aromatic rings. The van der Waals surface area contributed by atoms with Gasteiger partial charge >= 0.3 is 15.6 Å². The number of alkyl halides is 2. The first-order chi connectivity index (χ1) is 24.1. The van der Waals surface area contributed by atoms with E-state index in [0.29, 0.717) is 6.61 Å². The summed E-state index contributed by atoms with van der Waals surface area (Å²) in [5, 5.41) is 74.7. The first-order valence-electron chi connectivity index (χ1n) is 15.7. The van der Waals surface area contributed by atoms with Crippen molar-refractivity contribution in [3.63, 3.8) is 0 Å². The molecule has 1 aliphatic rings. The topological polar surface area (TPSA) is 262 Å². The number of rotatable bonds is 14. The van der Waals surface area contributed by atoms with Gasteiger partial charge in [0.15, 0.2) is 6.29 Å². The quantitative estimate of drug-likeness (QED) is 0.0755. The minimum absolute atomic E-state index is 0. The van der Waals surface area contributed by atoms with Crippen LogP contribution in [0.2, 0.25) is 0 Å². The monoisotopic (exact) mass is 810 g/mol. The molecule has 3 rings (SSSR count). The highest BCUT2D eigenvalue weighted by atomic mass is 35.5. The Morgan fingerprint density at radius 3 is 1.67 bits per heavy atom. The fourth-order valence-corrected chi connectivity index (χ4v) is 4.55. The first kappa shape index (κ1) is 54.2. The Morgan fingerprint density at radius 2 is 1.29 bits per heavy atom. The molecule has 0 amide bonds. The van der Waals surface area contributed by atoms with Crippen molar-refractivity contribution in [2.75, 3.05) is 26.5 Å². The maximum Gasteiger partial charge on any atom is 0.371 e. The zero-order chi connectivity index (χ0) is 39.4. The number of oxime groups is 1. The Kier molecular flexibility index (Phi) is 34.8. The number of hydrogen-bond donors (Lipinski definition) is 9. The molecule has 15 nitrogen and oxygen atoms in total. The minimum Gasteiger partial charge on any atom is -0.397 e. The molecule has 10 N–H and O–H groups in total. The highest BCUT2D eigenvalue weighted by Gasteiger charge is 2.45. The molecule has 1 fully saturated rings. The Morgan fingerprint density at radius 1 is 0.846 bits per heavy atom. The van der Waals surface area contributed by atoms with E-state index in [1.54, 1.807) is 13.8 Å². The van der Waals surface area contributed by atoms with Gasteiger partial charge in [0.25, 0.3) is 11.8 Å². The highest BCUT2D eigenvalue weighted by Crippen LogP contribution is 2.33. The maximum atomic E-state index is 13.2. The van der Waals surface area contributed by atoms with E-state index in [-0.39, 0.29) is 38.6 Å². The van der Waals surface area contributed by atoms with E-state index in [1.807, 2.05) is 60.7 Å². The number of ether oxygens (including phenoxy) is 1. The predicted molar refractivity (Wildman–Crippen MR) is 195 cm³/mol. The molecule has 1 heterocycles. The number of aliphatic hydroxyl groups excluding tert-OH is 8. The van der Waals surface area contributed by atoms with Gasteiger partial charge in [-0.3, -0.25) is 4.84 Å². The van der Waals surface area contributed by atoms with E-state index in [2.05, 4.69) is 9.99 Å². The van der Waals surface area contributed by atoms with E-state index in [9.17, 15) is 38.3 Å². The molecule has 300 valence electrons. The minimum atomic E-state index is -2.11. The summed E-state index contributed by atoms with van der Waals surface area (Å²) in [5.41, 5.74) is 1.97. The molecule has 0 aliphatic carbocycles. The van der Waals surface area contributed by atoms with Gasteiger partial charge in [0.2, 0.25) is 0 Å². The van der Waals surface area contributed by atoms with E-state index in [1.165, 1.54) is 13.3 Å². The van der Waals surface area contributed by atoms with Crippen LogP contribution in [0.15, 0.2) is 65.8 Å². The van der Waals surface area contributed by atoms with Crippen LogP contribution in [0.1, 0.15) is 37.8 Å². The molecule has 0 spiro atoms. The van der Waals surface area contributed by atoms with Crippen LogP contribution in [0.3, 0.4) is 0 Å². The molecule has 0 saturated carbocycles. The van der Waals surface area contributed by atoms with Gasteiger partial charge in [-0.25, -0.2) is 5.90 Å². The number of hydrogen-bond acceptors (Lipinski definition) is 15. The maximum absolute atomic E-state index is 13.2. The van der Waals surface area contributed by atoms with Crippen LogP contribution in [0.5, 0.6) is 0 Å². The van der Waals surface area contributed by atoms with Gasteiger partial charge in [0, 0.05) is 13.2 Å². The third kappa shape index (κ3) is 25.7. The fraction of sp³-hybridized carbons (Fsp3) is 0.594. The van der Waals surface area contributed by atoms with Crippen molar-refractivity contribution in [3.05, 3.63) is 71.8 Å². The number of benzene rings is 2. The molecule has 4 unspecified atom stereocenters. The number of nitrogens with zero attached hydrogens (tertiary/aromatic N) is 1. The summed E-state index contributed by atoms with van der Waals surface area (Å²) in [6, 6.07) is 19.0. The first-order valence-corrected chi connectivity index (χ1v) is 19.2. The third-order valence-electron chi connectivity index (χ3n) is 6.19. The second-order valence-electron chi connectivity index (χ2n) is 10.5. The predicted octanol–water partition coefficient (Wildman–Crippen LogP) is 2.48. The molecule has 0 aromatic heterocycles. The van der Waals surface area contributed by atoms with Crippen LogP contribution in [0.4, 0.5) is 8.78 Å². The Labute approximate surface area is 311 Å². The summed E-state index contributed by atoms with van der Waals surface area (Å²) in [4.78, 5) is 9.36. The molecule has 0 radical (unpaired) electrons. The molecule has 2 aromatic carbocycles. The molecule has 20 heteroatoms. The SMILES string of the molecule is CCO.CCO.C[P+](=O)C(F)C[C@@H](O)[C@@H](O)[C@@H](O)C=NOCc1ccccc1.C[P+](=O)C(F)C[C@H]1O[C@@H](O)[C@H](O)[C@@H]1O.Cl.NOCc1ccccc1. The largest absolute Gasteiger partial charge is 0.397 e. The average Bonchev–Trinajstić information content (AvgIpc) is 3.34. The lowest BCUT2D eigenvalue weighted by Crippen LogP contribution is -2.39. The lowest BCUT2D eigenvalue weighted by molar-refractivity contribution is -0.128. The van der Waals surface area contributed by atoms with Crippen molar-refractivity contribution < 1.29 is 73.2 Å². The number of halogens is 3. The molecule has 52 heavy (non-hydrogen) atoms. The van der Waals surface area contributed by atoms with Gasteiger partial charge in [0.05, 0.1) is 37.9 Å². The zero-order valence-corrected chi connectivity index (χ0v) is 32.1. The van der Waals surface area contributed by atoms with Crippen molar-refractivity contribution in [2.45, 2.75) is 94.6 Å². The molecule has 1 saturated heterocycles. The summed E-state index contributed by atoms with van der Waals surface area (Å²) in [7, 11) is -4.10. The summed E-state index contributed by atoms with van der Waals surface area (Å²) >= 11 is 0. The number of aliphatic hydroxyl groups is 8. The van der Waals surface area contributed by atoms with Crippen molar-refractivity contribution in [2.24, 2.45) is 11.1 Å². The molecular formula is C32H55ClF2N2O13P2+2. The fourth-order valence-electron chi connectivity index (χ4n) is 3.53. The Balaban J connectivity index is -0.000000682. The smallest absolute Gasteiger partial charge is 0.371 e. The van der Waals surface area contributed by atoms with Crippen LogP contribution >= 0.6 is 28.0 Å². The molecular weight excluding hydrogens is 756 g/mol. The molecule has 11 atom stereocenters. The van der Waals surface area contributed by atoms with Crippen molar-refractivity contribution in [1.29, 1.82) is 0 Å². The molecule has 0 bridgehead atoms. The van der Waals surface area contributed by atoms with Crippen LogP contribution in [-0.2, 0) is 36.8 Å². The lowest BCUT2D eigenvalue weighted by atomic mass is 10.1. The van der Waals surface area contributed by atoms with Gasteiger partial charge in [-0.05, 0) is 25.0 Å². The summed E-state index contributed by atoms with van der Waals surface area (Å²) in [5.74, 6) is 1.53. The normalized spacial score (nSPS) is 20.9. The zero-order valence-electron chi connectivity index (χ0n) is 29.5. The van der Waals surface area contributed by atoms with Gasteiger partial charge in [-0.1, -0.05) is 74.9 Å². The van der Waals surface area contributed by atoms with Crippen molar-refractivity contribution >= 4 is 34.2 Å². The molecule has 1 aliphatic heterocycles. The van der Waals surface area contributed by atoms with Gasteiger partial charge in [0.1, 0.15) is 44.4 Å². The van der Waals surface area contributed by atoms with E-state index < -0.39 is 76.8 Å². The van der Waals surface area contributed by atoms with E-state index in [4.69, 9.17) is 35.9 Å². The van der Waals surface area contributed by atoms with Crippen LogP contribution in [0, 0.1) is 0 Å². The average molecular weight is 811 g/mol. The Bertz CT molecular complexity index is 1190.